The van der Waals surface area contributed by atoms with Gasteiger partial charge in [0.1, 0.15) is 18.6 Å². The quantitative estimate of drug-likeness (QED) is 0.525. The lowest BCUT2D eigenvalue weighted by molar-refractivity contribution is -0.136. The van der Waals surface area contributed by atoms with Gasteiger partial charge in [0.2, 0.25) is 20.9 Å². The lowest BCUT2D eigenvalue weighted by Gasteiger charge is -2.40. The molecule has 13 heteroatoms. The largest absolute Gasteiger partial charge is 0.490 e. The van der Waals surface area contributed by atoms with Crippen molar-refractivity contribution in [1.29, 1.82) is 0 Å². The molecule has 1 aliphatic rings. The van der Waals surface area contributed by atoms with Crippen molar-refractivity contribution in [2.75, 3.05) is 26.8 Å². The Hall–Kier alpha value is -1.39. The molecule has 9 nitrogen and oxygen atoms in total. The van der Waals surface area contributed by atoms with E-state index < -0.39 is 22.5 Å². The molecular weight excluding hydrogens is 532 g/mol. The zero-order chi connectivity index (χ0) is 25.0. The third-order valence-electron chi connectivity index (χ3n) is 5.41. The van der Waals surface area contributed by atoms with Crippen LogP contribution in [0.3, 0.4) is 0 Å². The van der Waals surface area contributed by atoms with Crippen LogP contribution in [-0.2, 0) is 16.1 Å². The molecule has 34 heavy (non-hydrogen) atoms. The fourth-order valence-electron chi connectivity index (χ4n) is 3.37. The normalized spacial score (nSPS) is 15.8. The van der Waals surface area contributed by atoms with Gasteiger partial charge in [0.25, 0.3) is 0 Å². The number of nitrogens with two attached hydrogens (primary N) is 1. The Morgan fingerprint density at radius 1 is 1.26 bits per heavy atom. The summed E-state index contributed by atoms with van der Waals surface area (Å²) in [6.07, 6.45) is 1.41. The van der Waals surface area contributed by atoms with Crippen LogP contribution in [0, 0.1) is 5.41 Å². The summed E-state index contributed by atoms with van der Waals surface area (Å²) in [4.78, 5) is 40.8. The first-order chi connectivity index (χ1) is 15.2. The molecule has 2 heterocycles. The first kappa shape index (κ1) is 30.6. The number of nitrogens with zero attached hydrogens (tertiary/aromatic N) is 2. The average molecular weight is 563 g/mol. The highest BCUT2D eigenvalue weighted by molar-refractivity contribution is 6.67. The Kier molecular flexibility index (Phi) is 11.3. The summed E-state index contributed by atoms with van der Waals surface area (Å²) in [5.41, 5.74) is 5.37. The summed E-state index contributed by atoms with van der Waals surface area (Å²) in [6.45, 7) is 6.06. The van der Waals surface area contributed by atoms with Crippen LogP contribution in [0.25, 0.3) is 0 Å². The van der Waals surface area contributed by atoms with Gasteiger partial charge in [-0.1, -0.05) is 55.6 Å². The lowest BCUT2D eigenvalue weighted by Crippen LogP contribution is -2.55. The van der Waals surface area contributed by atoms with E-state index in [-0.39, 0.29) is 53.3 Å². The van der Waals surface area contributed by atoms with E-state index in [1.165, 1.54) is 24.3 Å². The number of carbonyl (C=O) groups is 2. The molecule has 2 rings (SSSR count). The minimum atomic E-state index is -1.77. The number of halogens is 4. The number of likely N-dealkylation sites (tertiary alicyclic amines) is 1. The van der Waals surface area contributed by atoms with Gasteiger partial charge < -0.3 is 24.5 Å². The first-order valence-electron chi connectivity index (χ1n) is 10.4. The van der Waals surface area contributed by atoms with E-state index in [1.54, 1.807) is 4.90 Å². The van der Waals surface area contributed by atoms with Crippen molar-refractivity contribution in [2.24, 2.45) is 11.1 Å². The van der Waals surface area contributed by atoms with Crippen molar-refractivity contribution in [3.63, 3.8) is 0 Å². The van der Waals surface area contributed by atoms with Gasteiger partial charge in [0.05, 0.1) is 19.7 Å². The second-order valence-corrected chi connectivity index (χ2v) is 11.5. The maximum atomic E-state index is 12.8. The topological polar surface area (TPSA) is 115 Å². The number of alkyl halides is 3. The summed E-state index contributed by atoms with van der Waals surface area (Å²) in [5, 5.41) is 0. The fraction of sp³-hybridized carbons (Fsp3) is 0.667. The third-order valence-corrected chi connectivity index (χ3v) is 5.74. The number of piperidine rings is 1. The molecule has 1 fully saturated rings. The predicted octanol–water partition coefficient (Wildman–Crippen LogP) is 3.74. The maximum Gasteiger partial charge on any atom is 0.410 e. The van der Waals surface area contributed by atoms with Crippen molar-refractivity contribution >= 4 is 59.2 Å². The summed E-state index contributed by atoms with van der Waals surface area (Å²) in [6, 6.07) is 0.317. The van der Waals surface area contributed by atoms with Crippen molar-refractivity contribution in [1.82, 2.24) is 9.80 Å². The van der Waals surface area contributed by atoms with Gasteiger partial charge in [0, 0.05) is 25.2 Å². The van der Waals surface area contributed by atoms with E-state index in [2.05, 4.69) is 0 Å². The molecule has 2 N–H and O–H groups in total. The van der Waals surface area contributed by atoms with Crippen molar-refractivity contribution in [3.05, 3.63) is 28.3 Å². The summed E-state index contributed by atoms with van der Waals surface area (Å²) < 4.78 is 13.8. The number of hydrogen-bond donors (Lipinski definition) is 1. The van der Waals surface area contributed by atoms with Crippen LogP contribution in [0.1, 0.15) is 39.4 Å². The first-order valence-corrected chi connectivity index (χ1v) is 11.6. The Balaban J connectivity index is 0.00000578. The number of methoxy groups -OCH3 is 1. The predicted molar refractivity (Wildman–Crippen MR) is 133 cm³/mol. The van der Waals surface area contributed by atoms with Crippen LogP contribution in [0.15, 0.2) is 21.5 Å². The highest BCUT2D eigenvalue weighted by Gasteiger charge is 2.36. The molecular formula is C21H31Cl4N3O6. The molecule has 0 bridgehead atoms. The number of ether oxygens (including phenoxy) is 2. The van der Waals surface area contributed by atoms with Crippen LogP contribution in [-0.4, -0.2) is 64.5 Å². The molecule has 2 amide bonds. The van der Waals surface area contributed by atoms with E-state index in [0.29, 0.717) is 25.9 Å². The molecule has 194 valence electrons. The Morgan fingerprint density at radius 3 is 2.32 bits per heavy atom. The molecule has 1 aromatic rings. The fourth-order valence-corrected chi connectivity index (χ4v) is 3.54. The van der Waals surface area contributed by atoms with Crippen LogP contribution >= 0.6 is 47.2 Å². The van der Waals surface area contributed by atoms with E-state index in [0.717, 1.165) is 0 Å². The number of hydrogen-bond acceptors (Lipinski definition) is 7. The van der Waals surface area contributed by atoms with Crippen molar-refractivity contribution < 1.29 is 23.5 Å². The molecule has 1 atom stereocenters. The number of rotatable bonds is 6. The summed E-state index contributed by atoms with van der Waals surface area (Å²) in [7, 11) is 1.35. The number of amides is 2. The monoisotopic (exact) mass is 561 g/mol. The van der Waals surface area contributed by atoms with E-state index in [1.807, 2.05) is 20.8 Å². The minimum Gasteiger partial charge on any atom is -0.490 e. The van der Waals surface area contributed by atoms with Crippen LogP contribution in [0.4, 0.5) is 4.79 Å². The standard InChI is InChI=1S/C21H30Cl3N3O6.ClH/c1-20(2,3)17(25)18(29)26-7-5-13(6-8-26)27(19(30)33-12-21(22,23)24)10-14-9-15(28)16(31-4)11-32-14;/h9,11,13,17H,5-8,10,12,25H2,1-4H3;1H/t17-;/m1./s1. The highest BCUT2D eigenvalue weighted by Crippen LogP contribution is 2.28. The summed E-state index contributed by atoms with van der Waals surface area (Å²) in [5.74, 6) is 0.151. The molecule has 0 aromatic carbocycles. The Bertz CT molecular complexity index is 892. The Labute approximate surface area is 220 Å². The zero-order valence-corrected chi connectivity index (χ0v) is 22.6. The second kappa shape index (κ2) is 12.5. The SMILES string of the molecule is COc1coc(CN(C(=O)OCC(Cl)(Cl)Cl)C2CCN(C(=O)[C@@H](N)C(C)(C)C)CC2)cc1=O.Cl. The molecule has 0 unspecified atom stereocenters. The van der Waals surface area contributed by atoms with Gasteiger partial charge in [-0.2, -0.15) is 0 Å². The molecule has 1 saturated heterocycles. The van der Waals surface area contributed by atoms with Gasteiger partial charge in [-0.25, -0.2) is 4.79 Å². The lowest BCUT2D eigenvalue weighted by atomic mass is 9.86. The maximum absolute atomic E-state index is 12.8. The Morgan fingerprint density at radius 2 is 1.85 bits per heavy atom. The van der Waals surface area contributed by atoms with Gasteiger partial charge in [-0.15, -0.1) is 12.4 Å². The molecule has 1 aliphatic heterocycles. The van der Waals surface area contributed by atoms with E-state index >= 15 is 0 Å². The average Bonchev–Trinajstić information content (AvgIpc) is 2.74. The van der Waals surface area contributed by atoms with Crippen molar-refractivity contribution in [3.8, 4) is 5.75 Å². The highest BCUT2D eigenvalue weighted by atomic mass is 35.6. The minimum absolute atomic E-state index is 0. The van der Waals surface area contributed by atoms with Gasteiger partial charge in [0.15, 0.2) is 0 Å². The van der Waals surface area contributed by atoms with Crippen LogP contribution in [0.5, 0.6) is 5.75 Å². The number of carbonyl (C=O) groups excluding carboxylic acids is 2. The summed E-state index contributed by atoms with van der Waals surface area (Å²) >= 11 is 17.1. The zero-order valence-electron chi connectivity index (χ0n) is 19.5. The second-order valence-electron chi connectivity index (χ2n) is 8.98. The third kappa shape index (κ3) is 8.68. The van der Waals surface area contributed by atoms with Crippen LogP contribution in [0.2, 0.25) is 0 Å². The molecule has 0 radical (unpaired) electrons. The smallest absolute Gasteiger partial charge is 0.410 e. The van der Waals surface area contributed by atoms with Gasteiger partial charge >= 0.3 is 6.09 Å². The van der Waals surface area contributed by atoms with Crippen LogP contribution < -0.4 is 15.9 Å². The molecule has 0 aliphatic carbocycles. The molecule has 0 saturated carbocycles. The van der Waals surface area contributed by atoms with Gasteiger partial charge in [-0.3, -0.25) is 14.5 Å². The molecule has 1 aromatic heterocycles. The van der Waals surface area contributed by atoms with E-state index in [9.17, 15) is 14.4 Å². The van der Waals surface area contributed by atoms with Crippen molar-refractivity contribution in [2.45, 2.75) is 56.0 Å². The van der Waals surface area contributed by atoms with Gasteiger partial charge in [-0.05, 0) is 18.3 Å². The van der Waals surface area contributed by atoms with E-state index in [4.69, 9.17) is 54.4 Å². The molecule has 0 spiro atoms.